The third-order valence-electron chi connectivity index (χ3n) is 7.32. The summed E-state index contributed by atoms with van der Waals surface area (Å²) in [5.74, 6) is 0.448. The minimum atomic E-state index is -0.374. The maximum absolute atomic E-state index is 11.1. The third-order valence-corrected chi connectivity index (χ3v) is 7.32. The van der Waals surface area contributed by atoms with E-state index in [0.717, 1.165) is 81.4 Å². The molecule has 0 unspecified atom stereocenters. The van der Waals surface area contributed by atoms with E-state index in [2.05, 4.69) is 50.1 Å². The zero-order chi connectivity index (χ0) is 31.4. The Morgan fingerprint density at radius 3 is 1.78 bits per heavy atom. The molecular formula is C37H37N5O3. The van der Waals surface area contributed by atoms with Crippen LogP contribution in [0, 0.1) is 0 Å². The van der Waals surface area contributed by atoms with Crippen molar-refractivity contribution in [3.8, 4) is 5.75 Å². The van der Waals surface area contributed by atoms with Crippen LogP contribution < -0.4 is 9.64 Å². The van der Waals surface area contributed by atoms with Crippen LogP contribution in [0.5, 0.6) is 5.75 Å². The number of rotatable bonds is 14. The summed E-state index contributed by atoms with van der Waals surface area (Å²) in [4.78, 5) is 13.2. The Morgan fingerprint density at radius 1 is 0.644 bits per heavy atom. The summed E-state index contributed by atoms with van der Waals surface area (Å²) in [6.45, 7) is 4.43. The average molecular weight is 600 g/mol. The fourth-order valence-corrected chi connectivity index (χ4v) is 4.99. The first-order valence-electron chi connectivity index (χ1n) is 15.1. The van der Waals surface area contributed by atoms with Crippen molar-refractivity contribution in [3.05, 3.63) is 110 Å². The Morgan fingerprint density at radius 2 is 1.18 bits per heavy atom. The van der Waals surface area contributed by atoms with E-state index in [9.17, 15) is 4.79 Å². The quantitative estimate of drug-likeness (QED) is 0.0550. The maximum Gasteiger partial charge on any atom is 0.330 e. The van der Waals surface area contributed by atoms with Gasteiger partial charge in [0.25, 0.3) is 0 Å². The van der Waals surface area contributed by atoms with Crippen LogP contribution >= 0.6 is 0 Å². The van der Waals surface area contributed by atoms with E-state index < -0.39 is 0 Å². The lowest BCUT2D eigenvalue weighted by molar-refractivity contribution is -0.137. The average Bonchev–Trinajstić information content (AvgIpc) is 3.07. The van der Waals surface area contributed by atoms with E-state index in [0.29, 0.717) is 13.2 Å². The Hall–Kier alpha value is -5.37. The first-order valence-corrected chi connectivity index (χ1v) is 15.1. The van der Waals surface area contributed by atoms with Crippen molar-refractivity contribution < 1.29 is 14.3 Å². The number of azo groups is 2. The van der Waals surface area contributed by atoms with Crippen molar-refractivity contribution in [1.82, 2.24) is 0 Å². The van der Waals surface area contributed by atoms with E-state index in [1.165, 1.54) is 6.08 Å². The minimum Gasteiger partial charge on any atom is -0.493 e. The minimum absolute atomic E-state index is 0.374. The van der Waals surface area contributed by atoms with E-state index in [1.54, 1.807) is 0 Å². The van der Waals surface area contributed by atoms with Crippen molar-refractivity contribution in [1.29, 1.82) is 0 Å². The number of unbranched alkanes of at least 4 members (excludes halogenated alkanes) is 3. The molecule has 228 valence electrons. The zero-order valence-electron chi connectivity index (χ0n) is 25.7. The molecule has 8 nitrogen and oxygen atoms in total. The molecule has 0 aliphatic rings. The molecule has 0 aliphatic carbocycles. The lowest BCUT2D eigenvalue weighted by Crippen LogP contribution is -2.08. The number of nitrogens with zero attached hydrogens (tertiary/aromatic N) is 5. The molecule has 0 heterocycles. The molecule has 5 aromatic rings. The molecular weight excluding hydrogens is 562 g/mol. The molecule has 0 saturated carbocycles. The first kappa shape index (κ1) is 31.1. The smallest absolute Gasteiger partial charge is 0.330 e. The van der Waals surface area contributed by atoms with Crippen molar-refractivity contribution >= 4 is 56.0 Å². The van der Waals surface area contributed by atoms with Gasteiger partial charge in [-0.1, -0.05) is 55.1 Å². The van der Waals surface area contributed by atoms with Gasteiger partial charge in [-0.3, -0.25) is 0 Å². The van der Waals surface area contributed by atoms with Crippen LogP contribution in [0.25, 0.3) is 21.5 Å². The van der Waals surface area contributed by atoms with E-state index in [1.807, 2.05) is 93.0 Å². The molecule has 0 fully saturated rings. The topological polar surface area (TPSA) is 88.2 Å². The Labute approximate surface area is 263 Å². The van der Waals surface area contributed by atoms with Gasteiger partial charge in [-0.05, 0) is 74.2 Å². The molecule has 0 aromatic heterocycles. The lowest BCUT2D eigenvalue weighted by Gasteiger charge is -2.16. The van der Waals surface area contributed by atoms with Crippen LogP contribution in [0.2, 0.25) is 0 Å². The highest BCUT2D eigenvalue weighted by molar-refractivity contribution is 6.01. The number of benzene rings is 5. The number of anilines is 1. The fourth-order valence-electron chi connectivity index (χ4n) is 4.99. The van der Waals surface area contributed by atoms with Gasteiger partial charge in [0.05, 0.1) is 36.0 Å². The van der Waals surface area contributed by atoms with Crippen molar-refractivity contribution in [2.45, 2.75) is 25.7 Å². The van der Waals surface area contributed by atoms with Crippen molar-refractivity contribution in [3.63, 3.8) is 0 Å². The Balaban J connectivity index is 1.20. The predicted molar refractivity (Wildman–Crippen MR) is 182 cm³/mol. The summed E-state index contributed by atoms with van der Waals surface area (Å²) in [7, 11) is 4.07. The highest BCUT2D eigenvalue weighted by Crippen LogP contribution is 2.36. The van der Waals surface area contributed by atoms with Crippen LogP contribution in [0.3, 0.4) is 0 Å². The molecule has 45 heavy (non-hydrogen) atoms. The predicted octanol–water partition coefficient (Wildman–Crippen LogP) is 10.6. The zero-order valence-corrected chi connectivity index (χ0v) is 25.7. The van der Waals surface area contributed by atoms with Gasteiger partial charge < -0.3 is 14.4 Å². The summed E-state index contributed by atoms with van der Waals surface area (Å²) in [6.07, 6.45) is 4.90. The van der Waals surface area contributed by atoms with Crippen LogP contribution in [-0.2, 0) is 9.53 Å². The molecule has 0 aliphatic heterocycles. The monoisotopic (exact) mass is 599 g/mol. The summed E-state index contributed by atoms with van der Waals surface area (Å²) in [5.41, 5.74) is 4.19. The second-order valence-corrected chi connectivity index (χ2v) is 10.7. The van der Waals surface area contributed by atoms with Crippen LogP contribution in [-0.4, -0.2) is 33.3 Å². The summed E-state index contributed by atoms with van der Waals surface area (Å²) in [5, 5.41) is 22.2. The van der Waals surface area contributed by atoms with E-state index in [4.69, 9.17) is 9.47 Å². The fraction of sp³-hybridized carbons (Fsp3) is 0.216. The van der Waals surface area contributed by atoms with Crippen molar-refractivity contribution in [2.75, 3.05) is 32.2 Å². The molecule has 0 amide bonds. The number of carbonyl (C=O) groups is 1. The molecule has 0 atom stereocenters. The van der Waals surface area contributed by atoms with Gasteiger partial charge in [-0.25, -0.2) is 4.79 Å². The molecule has 8 heteroatoms. The maximum atomic E-state index is 11.1. The number of carbonyl (C=O) groups excluding carboxylic acids is 1. The van der Waals surface area contributed by atoms with Gasteiger partial charge >= 0.3 is 5.97 Å². The Bertz CT molecular complexity index is 1830. The summed E-state index contributed by atoms with van der Waals surface area (Å²) >= 11 is 0. The molecule has 5 rings (SSSR count). The molecule has 5 aromatic carbocycles. The second-order valence-electron chi connectivity index (χ2n) is 10.7. The second kappa shape index (κ2) is 15.4. The van der Waals surface area contributed by atoms with Gasteiger partial charge in [-0.2, -0.15) is 10.2 Å². The number of esters is 1. The molecule has 0 spiro atoms. The Kier molecular flexibility index (Phi) is 10.6. The number of fused-ring (bicyclic) bond motifs is 2. The van der Waals surface area contributed by atoms with E-state index >= 15 is 0 Å². The lowest BCUT2D eigenvalue weighted by atomic mass is 10.1. The largest absolute Gasteiger partial charge is 0.493 e. The van der Waals surface area contributed by atoms with Gasteiger partial charge in [0, 0.05) is 47.4 Å². The van der Waals surface area contributed by atoms with Crippen LogP contribution in [0.1, 0.15) is 25.7 Å². The van der Waals surface area contributed by atoms with Crippen LogP contribution in [0.4, 0.5) is 28.4 Å². The number of hydrogen-bond acceptors (Lipinski definition) is 8. The molecule has 0 N–H and O–H groups in total. The highest BCUT2D eigenvalue weighted by Gasteiger charge is 2.08. The van der Waals surface area contributed by atoms with Gasteiger partial charge in [0.1, 0.15) is 5.75 Å². The first-order chi connectivity index (χ1) is 22.0. The summed E-state index contributed by atoms with van der Waals surface area (Å²) < 4.78 is 11.1. The molecule has 0 saturated heterocycles. The van der Waals surface area contributed by atoms with Crippen LogP contribution in [0.15, 0.2) is 130 Å². The number of hydrogen-bond donors (Lipinski definition) is 0. The number of ether oxygens (including phenoxy) is 2. The SMILES string of the molecule is C=CC(=O)OCCCCCCOc1ccc(/N=N/c2ccc(/N=N/c3ccc(N(C)C)c4ccccc34)cc2)c2ccccc12. The normalized spacial score (nSPS) is 11.4. The van der Waals surface area contributed by atoms with Gasteiger partial charge in [0.2, 0.25) is 0 Å². The molecule has 0 bridgehead atoms. The molecule has 0 radical (unpaired) electrons. The van der Waals surface area contributed by atoms with Gasteiger partial charge in [0.15, 0.2) is 0 Å². The van der Waals surface area contributed by atoms with E-state index in [-0.39, 0.29) is 5.97 Å². The van der Waals surface area contributed by atoms with Crippen molar-refractivity contribution in [2.24, 2.45) is 20.5 Å². The standard InChI is InChI=1S/C37H37N5O3/c1-4-37(43)45-26-12-6-5-11-25-44-36-24-22-34(30-14-8-10-16-32(30)36)41-39-28-19-17-27(18-20-28)38-40-33-21-23-35(42(2)3)31-15-9-7-13-29(31)33/h4,7-10,13-24H,1,5-6,11-12,25-26H2,2-3H3/b40-38+,41-39+. The highest BCUT2D eigenvalue weighted by atomic mass is 16.5. The third kappa shape index (κ3) is 8.17. The summed E-state index contributed by atoms with van der Waals surface area (Å²) in [6, 6.07) is 31.8. The van der Waals surface area contributed by atoms with Gasteiger partial charge in [-0.15, -0.1) is 10.2 Å².